The van der Waals surface area contributed by atoms with Gasteiger partial charge >= 0.3 is 0 Å². The summed E-state index contributed by atoms with van der Waals surface area (Å²) in [5, 5.41) is 4.96. The normalized spacial score (nSPS) is 14.3. The Bertz CT molecular complexity index is 1080. The van der Waals surface area contributed by atoms with E-state index in [9.17, 15) is 14.4 Å². The molecule has 3 amide bonds. The third-order valence-electron chi connectivity index (χ3n) is 5.38. The van der Waals surface area contributed by atoms with Crippen molar-refractivity contribution < 1.29 is 14.4 Å². The molecule has 0 spiro atoms. The van der Waals surface area contributed by atoms with Gasteiger partial charge in [0.15, 0.2) is 0 Å². The number of imide groups is 1. The van der Waals surface area contributed by atoms with Gasteiger partial charge in [-0.2, -0.15) is 0 Å². The Morgan fingerprint density at radius 2 is 1.77 bits per heavy atom. The number of nitrogens with one attached hydrogen (secondary N) is 1. The molecule has 4 rings (SSSR count). The van der Waals surface area contributed by atoms with Gasteiger partial charge in [-0.1, -0.05) is 6.07 Å². The number of amides is 3. The van der Waals surface area contributed by atoms with Crippen molar-refractivity contribution in [3.63, 3.8) is 0 Å². The molecule has 0 atom stereocenters. The molecule has 6 nitrogen and oxygen atoms in total. The number of nitrogens with zero attached hydrogens (tertiary/aromatic N) is 2. The van der Waals surface area contributed by atoms with Gasteiger partial charge in [0.05, 0.1) is 17.8 Å². The van der Waals surface area contributed by atoms with E-state index in [0.717, 1.165) is 17.9 Å². The second kappa shape index (κ2) is 8.28. The predicted molar refractivity (Wildman–Crippen MR) is 118 cm³/mol. The van der Waals surface area contributed by atoms with Crippen LogP contribution in [0, 0.1) is 13.8 Å². The molecule has 1 N–H and O–H groups in total. The fourth-order valence-electron chi connectivity index (χ4n) is 3.77. The lowest BCUT2D eigenvalue weighted by atomic mass is 10.1. The summed E-state index contributed by atoms with van der Waals surface area (Å²) in [7, 11) is 0. The standard InChI is InChI=1S/C23H23N3O3S/c1-15-13-20(16(2)25(15)14-19-5-4-12-30-19)23(29)24-17-8-10-18(11-9-17)26-21(27)6-3-7-22(26)28/h4-5,8-13H,3,6-7,14H2,1-2H3,(H,24,29). The highest BCUT2D eigenvalue weighted by Gasteiger charge is 2.27. The maximum Gasteiger partial charge on any atom is 0.257 e. The molecule has 0 radical (unpaired) electrons. The minimum absolute atomic E-state index is 0.179. The largest absolute Gasteiger partial charge is 0.343 e. The number of carbonyl (C=O) groups excluding carboxylic acids is 3. The highest BCUT2D eigenvalue weighted by atomic mass is 32.1. The average molecular weight is 422 g/mol. The number of piperidine rings is 1. The van der Waals surface area contributed by atoms with Crippen LogP contribution >= 0.6 is 11.3 Å². The fraction of sp³-hybridized carbons (Fsp3) is 0.261. The molecule has 0 unspecified atom stereocenters. The monoisotopic (exact) mass is 421 g/mol. The number of benzene rings is 1. The maximum atomic E-state index is 12.9. The molecule has 3 aromatic rings. The molecule has 0 aliphatic carbocycles. The number of hydrogen-bond acceptors (Lipinski definition) is 4. The number of rotatable bonds is 5. The molecule has 1 saturated heterocycles. The van der Waals surface area contributed by atoms with Crippen LogP contribution in [-0.4, -0.2) is 22.3 Å². The molecule has 3 heterocycles. The summed E-state index contributed by atoms with van der Waals surface area (Å²) in [4.78, 5) is 39.5. The van der Waals surface area contributed by atoms with Gasteiger partial charge in [-0.3, -0.25) is 19.3 Å². The number of aryl methyl sites for hydroxylation is 1. The van der Waals surface area contributed by atoms with Gasteiger partial charge in [0.2, 0.25) is 11.8 Å². The summed E-state index contributed by atoms with van der Waals surface area (Å²) >= 11 is 1.70. The summed E-state index contributed by atoms with van der Waals surface area (Å²) < 4.78 is 2.14. The summed E-state index contributed by atoms with van der Waals surface area (Å²) in [5.74, 6) is -0.541. The van der Waals surface area contributed by atoms with E-state index < -0.39 is 0 Å². The summed E-state index contributed by atoms with van der Waals surface area (Å²) in [5.41, 5.74) is 3.73. The summed E-state index contributed by atoms with van der Waals surface area (Å²) in [6.07, 6.45) is 1.36. The van der Waals surface area contributed by atoms with Crippen molar-refractivity contribution in [2.75, 3.05) is 10.2 Å². The SMILES string of the molecule is Cc1cc(C(=O)Nc2ccc(N3C(=O)CCCC3=O)cc2)c(C)n1Cc1cccs1. The van der Waals surface area contributed by atoms with Gasteiger partial charge < -0.3 is 9.88 Å². The molecular formula is C23H23N3O3S. The van der Waals surface area contributed by atoms with Crippen LogP contribution in [-0.2, 0) is 16.1 Å². The van der Waals surface area contributed by atoms with Crippen molar-refractivity contribution in [3.05, 3.63) is 69.7 Å². The van der Waals surface area contributed by atoms with Crippen LogP contribution in [0.4, 0.5) is 11.4 Å². The topological polar surface area (TPSA) is 71.4 Å². The Hall–Kier alpha value is -3.19. The zero-order valence-corrected chi connectivity index (χ0v) is 17.8. The molecule has 1 aromatic carbocycles. The van der Waals surface area contributed by atoms with Crippen molar-refractivity contribution >= 4 is 40.4 Å². The van der Waals surface area contributed by atoms with E-state index in [4.69, 9.17) is 0 Å². The molecule has 7 heteroatoms. The van der Waals surface area contributed by atoms with Crippen molar-refractivity contribution in [1.29, 1.82) is 0 Å². The zero-order chi connectivity index (χ0) is 21.3. The van der Waals surface area contributed by atoms with E-state index in [1.807, 2.05) is 31.4 Å². The molecule has 0 bridgehead atoms. The van der Waals surface area contributed by atoms with Crippen LogP contribution in [0.3, 0.4) is 0 Å². The van der Waals surface area contributed by atoms with Gasteiger partial charge in [0.25, 0.3) is 5.91 Å². The van der Waals surface area contributed by atoms with Crippen LogP contribution in [0.5, 0.6) is 0 Å². The van der Waals surface area contributed by atoms with Crippen molar-refractivity contribution in [3.8, 4) is 0 Å². The molecule has 1 aliphatic rings. The van der Waals surface area contributed by atoms with Gasteiger partial charge in [0.1, 0.15) is 0 Å². The Morgan fingerprint density at radius 1 is 1.07 bits per heavy atom. The van der Waals surface area contributed by atoms with Gasteiger partial charge in [-0.25, -0.2) is 0 Å². The Morgan fingerprint density at radius 3 is 2.40 bits per heavy atom. The van der Waals surface area contributed by atoms with Crippen molar-refractivity contribution in [2.45, 2.75) is 39.7 Å². The molecular weight excluding hydrogens is 398 g/mol. The van der Waals surface area contributed by atoms with Crippen LogP contribution in [0.15, 0.2) is 47.8 Å². The molecule has 1 fully saturated rings. The second-order valence-corrected chi connectivity index (χ2v) is 8.46. The first-order valence-corrected chi connectivity index (χ1v) is 10.8. The van der Waals surface area contributed by atoms with Crippen LogP contribution in [0.1, 0.15) is 45.9 Å². The molecule has 30 heavy (non-hydrogen) atoms. The van der Waals surface area contributed by atoms with E-state index in [1.54, 1.807) is 35.6 Å². The first-order chi connectivity index (χ1) is 14.4. The van der Waals surface area contributed by atoms with Gasteiger partial charge in [-0.05, 0) is 62.0 Å². The van der Waals surface area contributed by atoms with Crippen LogP contribution in [0.25, 0.3) is 0 Å². The van der Waals surface area contributed by atoms with Crippen molar-refractivity contribution in [1.82, 2.24) is 4.57 Å². The number of aromatic nitrogens is 1. The third-order valence-corrected chi connectivity index (χ3v) is 6.24. The van der Waals surface area contributed by atoms with E-state index in [1.165, 1.54) is 9.78 Å². The lowest BCUT2D eigenvalue weighted by molar-refractivity contribution is -0.129. The minimum Gasteiger partial charge on any atom is -0.343 e. The summed E-state index contributed by atoms with van der Waals surface area (Å²) in [6.45, 7) is 4.69. The highest BCUT2D eigenvalue weighted by Crippen LogP contribution is 2.25. The first-order valence-electron chi connectivity index (χ1n) is 9.90. The Labute approximate surface area is 179 Å². The van der Waals surface area contributed by atoms with Gasteiger partial charge in [0, 0.05) is 34.8 Å². The van der Waals surface area contributed by atoms with Crippen LogP contribution in [0.2, 0.25) is 0 Å². The zero-order valence-electron chi connectivity index (χ0n) is 17.0. The number of thiophene rings is 1. The van der Waals surface area contributed by atoms with E-state index in [0.29, 0.717) is 36.2 Å². The predicted octanol–water partition coefficient (Wildman–Crippen LogP) is 4.51. The Kier molecular flexibility index (Phi) is 5.55. The lowest BCUT2D eigenvalue weighted by Gasteiger charge is -2.24. The second-order valence-electron chi connectivity index (χ2n) is 7.43. The molecule has 0 saturated carbocycles. The molecule has 1 aliphatic heterocycles. The smallest absolute Gasteiger partial charge is 0.257 e. The fourth-order valence-corrected chi connectivity index (χ4v) is 4.46. The number of hydrogen-bond donors (Lipinski definition) is 1. The molecule has 154 valence electrons. The Balaban J connectivity index is 1.49. The molecule has 2 aromatic heterocycles. The number of anilines is 2. The highest BCUT2D eigenvalue weighted by molar-refractivity contribution is 7.09. The third kappa shape index (κ3) is 3.93. The van der Waals surface area contributed by atoms with E-state index >= 15 is 0 Å². The first kappa shape index (κ1) is 20.1. The maximum absolute atomic E-state index is 12.9. The van der Waals surface area contributed by atoms with Crippen LogP contribution < -0.4 is 10.2 Å². The quantitative estimate of drug-likeness (QED) is 0.616. The minimum atomic E-state index is -0.182. The van der Waals surface area contributed by atoms with Crippen molar-refractivity contribution in [2.24, 2.45) is 0 Å². The summed E-state index contributed by atoms with van der Waals surface area (Å²) in [6, 6.07) is 12.8. The lowest BCUT2D eigenvalue weighted by Crippen LogP contribution is -2.40. The average Bonchev–Trinajstić information content (AvgIpc) is 3.33. The van der Waals surface area contributed by atoms with E-state index in [-0.39, 0.29) is 17.7 Å². The van der Waals surface area contributed by atoms with Gasteiger partial charge in [-0.15, -0.1) is 11.3 Å². The van der Waals surface area contributed by atoms with E-state index in [2.05, 4.69) is 16.0 Å². The number of carbonyl (C=O) groups is 3.